The highest BCUT2D eigenvalue weighted by atomic mass is 35.5. The minimum absolute atomic E-state index is 0.0483. The maximum Gasteiger partial charge on any atom is 0.254 e. The number of methoxy groups -OCH3 is 1. The minimum Gasteiger partial charge on any atom is -0.497 e. The number of nitrogens with one attached hydrogen (secondary N) is 1. The molecule has 0 saturated heterocycles. The van der Waals surface area contributed by atoms with Gasteiger partial charge in [-0.2, -0.15) is 0 Å². The molecular weight excluding hydrogens is 325 g/mol. The maximum atomic E-state index is 12.1. The van der Waals surface area contributed by atoms with Gasteiger partial charge in [-0.15, -0.1) is 0 Å². The van der Waals surface area contributed by atoms with E-state index in [4.69, 9.17) is 27.9 Å². The van der Waals surface area contributed by atoms with E-state index in [0.29, 0.717) is 11.3 Å². The van der Waals surface area contributed by atoms with Crippen LogP contribution in [-0.2, 0) is 0 Å². The summed E-state index contributed by atoms with van der Waals surface area (Å²) in [7, 11) is 1.57. The molecule has 2 aromatic rings. The predicted octanol–water partition coefficient (Wildman–Crippen LogP) is 3.47. The van der Waals surface area contributed by atoms with Crippen molar-refractivity contribution < 1.29 is 14.6 Å². The van der Waals surface area contributed by atoms with Crippen LogP contribution in [0, 0.1) is 0 Å². The number of rotatable bonds is 5. The number of benzene rings is 2. The molecule has 2 N–H and O–H groups in total. The van der Waals surface area contributed by atoms with Gasteiger partial charge in [0.2, 0.25) is 0 Å². The third kappa shape index (κ3) is 3.91. The van der Waals surface area contributed by atoms with Gasteiger partial charge in [-0.1, -0.05) is 41.4 Å². The van der Waals surface area contributed by atoms with Crippen LogP contribution < -0.4 is 10.1 Å². The Hall–Kier alpha value is -1.75. The number of aliphatic hydroxyl groups excluding tert-OH is 1. The third-order valence-electron chi connectivity index (χ3n) is 3.15. The van der Waals surface area contributed by atoms with E-state index in [9.17, 15) is 9.90 Å². The van der Waals surface area contributed by atoms with E-state index in [0.717, 1.165) is 0 Å². The Morgan fingerprint density at radius 2 is 1.77 bits per heavy atom. The monoisotopic (exact) mass is 339 g/mol. The standard InChI is InChI=1S/C16H15Cl2NO3/c1-22-11-7-5-10(6-8-11)14(20)9-19-16(21)15-12(17)3-2-4-13(15)18/h2-8,14,20H,9H2,1H3,(H,19,21). The molecule has 4 nitrogen and oxygen atoms in total. The van der Waals surface area contributed by atoms with Gasteiger partial charge in [0.05, 0.1) is 28.8 Å². The summed E-state index contributed by atoms with van der Waals surface area (Å²) in [6.45, 7) is 0.0483. The minimum atomic E-state index is -0.837. The van der Waals surface area contributed by atoms with E-state index < -0.39 is 12.0 Å². The maximum absolute atomic E-state index is 12.1. The first-order chi connectivity index (χ1) is 10.5. The first kappa shape index (κ1) is 16.6. The Morgan fingerprint density at radius 3 is 2.32 bits per heavy atom. The lowest BCUT2D eigenvalue weighted by atomic mass is 10.1. The number of hydrogen-bond acceptors (Lipinski definition) is 3. The van der Waals surface area contributed by atoms with Crippen LogP contribution in [0.3, 0.4) is 0 Å². The van der Waals surface area contributed by atoms with Crippen molar-refractivity contribution >= 4 is 29.1 Å². The van der Waals surface area contributed by atoms with Crippen molar-refractivity contribution in [1.29, 1.82) is 0 Å². The zero-order valence-corrected chi connectivity index (χ0v) is 13.4. The largest absolute Gasteiger partial charge is 0.497 e. The summed E-state index contributed by atoms with van der Waals surface area (Å²) in [5.41, 5.74) is 0.874. The van der Waals surface area contributed by atoms with Crippen LogP contribution in [-0.4, -0.2) is 24.7 Å². The van der Waals surface area contributed by atoms with Crippen molar-refractivity contribution in [2.45, 2.75) is 6.10 Å². The van der Waals surface area contributed by atoms with E-state index in [1.807, 2.05) is 0 Å². The second-order valence-corrected chi connectivity index (χ2v) is 5.41. The Bertz CT molecular complexity index is 639. The molecule has 0 aliphatic heterocycles. The SMILES string of the molecule is COc1ccc(C(O)CNC(=O)c2c(Cl)cccc2Cl)cc1. The lowest BCUT2D eigenvalue weighted by Crippen LogP contribution is -2.28. The number of ether oxygens (including phenoxy) is 1. The summed E-state index contributed by atoms with van der Waals surface area (Å²) >= 11 is 11.9. The highest BCUT2D eigenvalue weighted by molar-refractivity contribution is 6.39. The Labute approximate surface area is 138 Å². The molecule has 2 rings (SSSR count). The van der Waals surface area contributed by atoms with Gasteiger partial charge in [-0.3, -0.25) is 4.79 Å². The highest BCUT2D eigenvalue weighted by Crippen LogP contribution is 2.24. The predicted molar refractivity (Wildman–Crippen MR) is 86.7 cm³/mol. The summed E-state index contributed by atoms with van der Waals surface area (Å²) in [5, 5.41) is 13.3. The van der Waals surface area contributed by atoms with Crippen LogP contribution >= 0.6 is 23.2 Å². The molecule has 2 aromatic carbocycles. The van der Waals surface area contributed by atoms with E-state index in [1.54, 1.807) is 49.6 Å². The molecule has 1 amide bonds. The summed E-state index contributed by atoms with van der Waals surface area (Å²) in [6, 6.07) is 11.8. The molecule has 22 heavy (non-hydrogen) atoms. The highest BCUT2D eigenvalue weighted by Gasteiger charge is 2.16. The van der Waals surface area contributed by atoms with Gasteiger partial charge in [0.25, 0.3) is 5.91 Å². The normalized spacial score (nSPS) is 11.8. The van der Waals surface area contributed by atoms with Crippen molar-refractivity contribution in [2.75, 3.05) is 13.7 Å². The molecule has 0 heterocycles. The molecule has 1 unspecified atom stereocenters. The number of halogens is 2. The number of hydrogen-bond donors (Lipinski definition) is 2. The molecule has 1 atom stereocenters. The molecule has 0 aromatic heterocycles. The second-order valence-electron chi connectivity index (χ2n) is 4.60. The van der Waals surface area contributed by atoms with Gasteiger partial charge in [-0.25, -0.2) is 0 Å². The molecule has 0 radical (unpaired) electrons. The van der Waals surface area contributed by atoms with Gasteiger partial charge in [0, 0.05) is 6.54 Å². The second kappa shape index (κ2) is 7.49. The van der Waals surface area contributed by atoms with Crippen LogP contribution in [0.25, 0.3) is 0 Å². The van der Waals surface area contributed by atoms with Gasteiger partial charge >= 0.3 is 0 Å². The molecule has 0 aliphatic carbocycles. The molecule has 0 spiro atoms. The molecule has 6 heteroatoms. The van der Waals surface area contributed by atoms with Gasteiger partial charge < -0.3 is 15.2 Å². The molecule has 0 bridgehead atoms. The Morgan fingerprint density at radius 1 is 1.18 bits per heavy atom. The summed E-state index contributed by atoms with van der Waals surface area (Å²) in [6.07, 6.45) is -0.837. The van der Waals surface area contributed by atoms with Gasteiger partial charge in [0.1, 0.15) is 5.75 Å². The van der Waals surface area contributed by atoms with Crippen LogP contribution in [0.4, 0.5) is 0 Å². The first-order valence-electron chi connectivity index (χ1n) is 6.57. The Kier molecular flexibility index (Phi) is 5.66. The molecule has 0 saturated carbocycles. The van der Waals surface area contributed by atoms with Crippen molar-refractivity contribution in [2.24, 2.45) is 0 Å². The van der Waals surface area contributed by atoms with Crippen molar-refractivity contribution in [3.05, 3.63) is 63.6 Å². The van der Waals surface area contributed by atoms with E-state index in [1.165, 1.54) is 0 Å². The molecule has 0 aliphatic rings. The first-order valence-corrected chi connectivity index (χ1v) is 7.32. The molecule has 116 valence electrons. The van der Waals surface area contributed by atoms with Crippen molar-refractivity contribution in [3.8, 4) is 5.75 Å². The lowest BCUT2D eigenvalue weighted by molar-refractivity contribution is 0.0916. The Balaban J connectivity index is 2.01. The zero-order valence-electron chi connectivity index (χ0n) is 11.8. The van der Waals surface area contributed by atoms with Crippen molar-refractivity contribution in [1.82, 2.24) is 5.32 Å². The van der Waals surface area contributed by atoms with E-state index in [-0.39, 0.29) is 22.2 Å². The molecule has 0 fully saturated rings. The number of carbonyl (C=O) groups excluding carboxylic acids is 1. The summed E-state index contributed by atoms with van der Waals surface area (Å²) in [5.74, 6) is 0.269. The van der Waals surface area contributed by atoms with E-state index >= 15 is 0 Å². The number of carbonyl (C=O) groups is 1. The quantitative estimate of drug-likeness (QED) is 0.876. The fraction of sp³-hybridized carbons (Fsp3) is 0.188. The fourth-order valence-electron chi connectivity index (χ4n) is 1.94. The fourth-order valence-corrected chi connectivity index (χ4v) is 2.51. The smallest absolute Gasteiger partial charge is 0.254 e. The van der Waals surface area contributed by atoms with Gasteiger partial charge in [-0.05, 0) is 29.8 Å². The summed E-state index contributed by atoms with van der Waals surface area (Å²) < 4.78 is 5.05. The lowest BCUT2D eigenvalue weighted by Gasteiger charge is -2.14. The van der Waals surface area contributed by atoms with Crippen LogP contribution in [0.15, 0.2) is 42.5 Å². The van der Waals surface area contributed by atoms with Crippen LogP contribution in [0.2, 0.25) is 10.0 Å². The van der Waals surface area contributed by atoms with Crippen LogP contribution in [0.5, 0.6) is 5.75 Å². The summed E-state index contributed by atoms with van der Waals surface area (Å²) in [4.78, 5) is 12.1. The topological polar surface area (TPSA) is 58.6 Å². The van der Waals surface area contributed by atoms with Crippen molar-refractivity contribution in [3.63, 3.8) is 0 Å². The zero-order chi connectivity index (χ0) is 16.1. The molecular formula is C16H15Cl2NO3. The van der Waals surface area contributed by atoms with Crippen LogP contribution in [0.1, 0.15) is 22.0 Å². The average molecular weight is 340 g/mol. The van der Waals surface area contributed by atoms with E-state index in [2.05, 4.69) is 5.32 Å². The number of amides is 1. The third-order valence-corrected chi connectivity index (χ3v) is 3.78. The average Bonchev–Trinajstić information content (AvgIpc) is 2.52. The van der Waals surface area contributed by atoms with Gasteiger partial charge in [0.15, 0.2) is 0 Å². The number of aliphatic hydroxyl groups is 1.